The number of hydrogen-bond donors (Lipinski definition) is 1. The second kappa shape index (κ2) is 5.45. The van der Waals surface area contributed by atoms with Gasteiger partial charge < -0.3 is 5.32 Å². The molecule has 1 N–H and O–H groups in total. The van der Waals surface area contributed by atoms with Crippen LogP contribution < -0.4 is 5.32 Å². The van der Waals surface area contributed by atoms with Gasteiger partial charge in [0, 0.05) is 7.05 Å². The van der Waals surface area contributed by atoms with E-state index in [9.17, 15) is 4.79 Å². The Balaban J connectivity index is 2.31. The zero-order chi connectivity index (χ0) is 14.0. The summed E-state index contributed by atoms with van der Waals surface area (Å²) in [6, 6.07) is 8.14. The summed E-state index contributed by atoms with van der Waals surface area (Å²) in [5.74, 6) is -0.211. The number of carbonyl (C=O) groups is 1. The normalized spacial score (nSPS) is 10.5. The summed E-state index contributed by atoms with van der Waals surface area (Å²) in [7, 11) is 1.58. The van der Waals surface area contributed by atoms with E-state index in [0.29, 0.717) is 23.0 Å². The molecule has 5 heteroatoms. The average molecular weight is 278 g/mol. The number of nitrogens with zero attached hydrogens (tertiary/aromatic N) is 2. The fourth-order valence-corrected chi connectivity index (χ4v) is 2.23. The van der Waals surface area contributed by atoms with E-state index < -0.39 is 0 Å². The Bertz CT molecular complexity index is 602. The summed E-state index contributed by atoms with van der Waals surface area (Å²) in [5.41, 5.74) is 3.38. The Kier molecular flexibility index (Phi) is 3.90. The number of aromatic nitrogens is 2. The fraction of sp³-hybridized carbons (Fsp3) is 0.286. The third kappa shape index (κ3) is 2.79. The number of carbonyl (C=O) groups excluding carboxylic acids is 1. The molecule has 0 radical (unpaired) electrons. The zero-order valence-corrected chi connectivity index (χ0v) is 12.0. The average Bonchev–Trinajstić information content (AvgIpc) is 2.66. The van der Waals surface area contributed by atoms with Crippen molar-refractivity contribution >= 4 is 17.5 Å². The molecule has 0 saturated heterocycles. The molecule has 0 saturated carbocycles. The molecule has 4 nitrogen and oxygen atoms in total. The molecule has 1 aromatic heterocycles. The van der Waals surface area contributed by atoms with Gasteiger partial charge in [-0.3, -0.25) is 4.79 Å². The smallest absolute Gasteiger partial charge is 0.256 e. The van der Waals surface area contributed by atoms with E-state index in [0.717, 1.165) is 5.56 Å². The molecular formula is C14H16ClN3O. The topological polar surface area (TPSA) is 46.9 Å². The molecule has 2 aromatic rings. The fourth-order valence-electron chi connectivity index (χ4n) is 1.91. The second-order valence-electron chi connectivity index (χ2n) is 4.47. The second-order valence-corrected chi connectivity index (χ2v) is 4.83. The van der Waals surface area contributed by atoms with Crippen molar-refractivity contribution < 1.29 is 4.79 Å². The predicted octanol–water partition coefficient (Wildman–Crippen LogP) is 2.56. The van der Waals surface area contributed by atoms with E-state index in [1.165, 1.54) is 5.56 Å². The van der Waals surface area contributed by atoms with E-state index in [1.807, 2.05) is 31.2 Å². The van der Waals surface area contributed by atoms with Crippen molar-refractivity contribution in [3.8, 4) is 0 Å². The lowest BCUT2D eigenvalue weighted by Crippen LogP contribution is -2.18. The van der Waals surface area contributed by atoms with E-state index in [4.69, 9.17) is 11.6 Å². The standard InChI is InChI=1S/C14H16ClN3O/c1-9-4-6-11(7-5-9)8-18-13(15)12(10(2)17-18)14(19)16-3/h4-7H,8H2,1-3H3,(H,16,19). The highest BCUT2D eigenvalue weighted by Crippen LogP contribution is 2.20. The number of aryl methyl sites for hydroxylation is 2. The number of benzene rings is 1. The number of nitrogens with one attached hydrogen (secondary N) is 1. The Morgan fingerprint density at radius 1 is 1.32 bits per heavy atom. The molecule has 2 rings (SSSR count). The molecule has 19 heavy (non-hydrogen) atoms. The van der Waals surface area contributed by atoms with Crippen LogP contribution in [0.15, 0.2) is 24.3 Å². The van der Waals surface area contributed by atoms with Crippen LogP contribution >= 0.6 is 11.6 Å². The summed E-state index contributed by atoms with van der Waals surface area (Å²) < 4.78 is 1.64. The molecule has 100 valence electrons. The highest BCUT2D eigenvalue weighted by molar-refractivity contribution is 6.33. The van der Waals surface area contributed by atoms with Crippen molar-refractivity contribution in [3.63, 3.8) is 0 Å². The van der Waals surface area contributed by atoms with E-state index in [-0.39, 0.29) is 5.91 Å². The van der Waals surface area contributed by atoms with Gasteiger partial charge in [-0.05, 0) is 19.4 Å². The van der Waals surface area contributed by atoms with Gasteiger partial charge in [-0.2, -0.15) is 5.10 Å². The van der Waals surface area contributed by atoms with Gasteiger partial charge in [0.05, 0.1) is 17.8 Å². The van der Waals surface area contributed by atoms with Crippen LogP contribution in [0.1, 0.15) is 27.2 Å². The van der Waals surface area contributed by atoms with Crippen molar-refractivity contribution in [1.29, 1.82) is 0 Å². The van der Waals surface area contributed by atoms with Gasteiger partial charge in [-0.1, -0.05) is 41.4 Å². The number of rotatable bonds is 3. The molecule has 1 heterocycles. The summed E-state index contributed by atoms with van der Waals surface area (Å²) >= 11 is 6.22. The van der Waals surface area contributed by atoms with Gasteiger partial charge in [0.2, 0.25) is 0 Å². The lowest BCUT2D eigenvalue weighted by atomic mass is 10.1. The molecule has 0 atom stereocenters. The first kappa shape index (κ1) is 13.6. The number of halogens is 1. The molecule has 0 unspecified atom stereocenters. The number of amides is 1. The quantitative estimate of drug-likeness (QED) is 0.937. The lowest BCUT2D eigenvalue weighted by molar-refractivity contribution is 0.0962. The minimum absolute atomic E-state index is 0.211. The van der Waals surface area contributed by atoms with Crippen LogP contribution in [-0.2, 0) is 6.54 Å². The van der Waals surface area contributed by atoms with Gasteiger partial charge in [0.15, 0.2) is 0 Å². The number of hydrogen-bond acceptors (Lipinski definition) is 2. The highest BCUT2D eigenvalue weighted by Gasteiger charge is 2.19. The Morgan fingerprint density at radius 3 is 2.53 bits per heavy atom. The van der Waals surface area contributed by atoms with Gasteiger partial charge in [0.25, 0.3) is 5.91 Å². The molecule has 0 aliphatic carbocycles. The van der Waals surface area contributed by atoms with Crippen molar-refractivity contribution in [2.24, 2.45) is 0 Å². The maximum atomic E-state index is 11.7. The first-order valence-corrected chi connectivity index (χ1v) is 6.41. The minimum Gasteiger partial charge on any atom is -0.355 e. The van der Waals surface area contributed by atoms with Crippen LogP contribution in [0.4, 0.5) is 0 Å². The molecule has 0 aliphatic heterocycles. The Labute approximate surface area is 117 Å². The molecule has 1 aromatic carbocycles. The molecule has 0 bridgehead atoms. The maximum Gasteiger partial charge on any atom is 0.256 e. The van der Waals surface area contributed by atoms with Gasteiger partial charge in [-0.15, -0.1) is 0 Å². The molecular weight excluding hydrogens is 262 g/mol. The third-order valence-corrected chi connectivity index (χ3v) is 3.36. The molecule has 0 fully saturated rings. The monoisotopic (exact) mass is 277 g/mol. The van der Waals surface area contributed by atoms with Crippen molar-refractivity contribution in [1.82, 2.24) is 15.1 Å². The minimum atomic E-state index is -0.211. The predicted molar refractivity (Wildman–Crippen MR) is 75.6 cm³/mol. The Hall–Kier alpha value is -1.81. The Morgan fingerprint density at radius 2 is 1.95 bits per heavy atom. The zero-order valence-electron chi connectivity index (χ0n) is 11.2. The van der Waals surface area contributed by atoms with Crippen LogP contribution in [0.25, 0.3) is 0 Å². The first-order chi connectivity index (χ1) is 9.02. The summed E-state index contributed by atoms with van der Waals surface area (Å²) in [4.78, 5) is 11.7. The molecule has 0 spiro atoms. The van der Waals surface area contributed by atoms with Crippen molar-refractivity contribution in [2.45, 2.75) is 20.4 Å². The summed E-state index contributed by atoms with van der Waals surface area (Å²) in [5, 5.41) is 7.26. The largest absolute Gasteiger partial charge is 0.355 e. The molecule has 1 amide bonds. The maximum absolute atomic E-state index is 11.7. The van der Waals surface area contributed by atoms with Gasteiger partial charge >= 0.3 is 0 Å². The third-order valence-electron chi connectivity index (χ3n) is 2.97. The van der Waals surface area contributed by atoms with Gasteiger partial charge in [0.1, 0.15) is 5.15 Å². The summed E-state index contributed by atoms with van der Waals surface area (Å²) in [6.07, 6.45) is 0. The summed E-state index contributed by atoms with van der Waals surface area (Å²) in [6.45, 7) is 4.37. The molecule has 0 aliphatic rings. The van der Waals surface area contributed by atoms with Crippen LogP contribution in [0.5, 0.6) is 0 Å². The van der Waals surface area contributed by atoms with Crippen LogP contribution in [-0.4, -0.2) is 22.7 Å². The van der Waals surface area contributed by atoms with Crippen LogP contribution in [0.2, 0.25) is 5.15 Å². The SMILES string of the molecule is CNC(=O)c1c(C)nn(Cc2ccc(C)cc2)c1Cl. The lowest BCUT2D eigenvalue weighted by Gasteiger charge is -2.04. The van der Waals surface area contributed by atoms with E-state index in [1.54, 1.807) is 18.7 Å². The van der Waals surface area contributed by atoms with Gasteiger partial charge in [-0.25, -0.2) is 4.68 Å². The van der Waals surface area contributed by atoms with Crippen LogP contribution in [0, 0.1) is 13.8 Å². The van der Waals surface area contributed by atoms with E-state index in [2.05, 4.69) is 10.4 Å². The van der Waals surface area contributed by atoms with Crippen molar-refractivity contribution in [2.75, 3.05) is 7.05 Å². The van der Waals surface area contributed by atoms with Crippen LogP contribution in [0.3, 0.4) is 0 Å². The first-order valence-electron chi connectivity index (χ1n) is 6.03. The van der Waals surface area contributed by atoms with Crippen molar-refractivity contribution in [3.05, 3.63) is 51.8 Å². The van der Waals surface area contributed by atoms with E-state index >= 15 is 0 Å². The highest BCUT2D eigenvalue weighted by atomic mass is 35.5.